The highest BCUT2D eigenvalue weighted by molar-refractivity contribution is 6.76. The summed E-state index contributed by atoms with van der Waals surface area (Å²) >= 11 is 6.25. The number of hydrogen-bond acceptors (Lipinski definition) is 5. The lowest BCUT2D eigenvalue weighted by Gasteiger charge is -2.34. The fraction of sp³-hybridized carbons (Fsp3) is 0.667. The van der Waals surface area contributed by atoms with Gasteiger partial charge in [-0.05, 0) is 48.4 Å². The molecule has 2 aromatic heterocycles. The Balaban J connectivity index is 1.61. The molecule has 8 nitrogen and oxygen atoms in total. The first-order valence-corrected chi connectivity index (χ1v) is 15.2. The van der Waals surface area contributed by atoms with Crippen molar-refractivity contribution in [1.82, 2.24) is 19.4 Å². The number of carboxylic acid groups (broad SMARTS) is 1. The number of nitrogens with one attached hydrogen (secondary N) is 1. The fourth-order valence-corrected chi connectivity index (χ4v) is 4.97. The molecule has 0 aromatic carbocycles. The predicted molar refractivity (Wildman–Crippen MR) is 125 cm³/mol. The molecule has 2 aromatic rings. The third-order valence-corrected chi connectivity index (χ3v) is 7.96. The smallest absolute Gasteiger partial charge is 0.407 e. The van der Waals surface area contributed by atoms with Crippen LogP contribution in [0.15, 0.2) is 6.20 Å². The van der Waals surface area contributed by atoms with E-state index >= 15 is 0 Å². The summed E-state index contributed by atoms with van der Waals surface area (Å²) in [4.78, 5) is 21.4. The van der Waals surface area contributed by atoms with E-state index in [9.17, 15) is 14.3 Å². The second-order valence-corrected chi connectivity index (χ2v) is 16.0. The van der Waals surface area contributed by atoms with Crippen LogP contribution in [0.5, 0.6) is 0 Å². The second kappa shape index (κ2) is 9.15. The first-order valence-electron chi connectivity index (χ1n) is 11.1. The van der Waals surface area contributed by atoms with Crippen molar-refractivity contribution in [3.63, 3.8) is 0 Å². The summed E-state index contributed by atoms with van der Waals surface area (Å²) in [5.74, 6) is 0.872. The van der Waals surface area contributed by atoms with Gasteiger partial charge in [-0.25, -0.2) is 14.2 Å². The monoisotopic (exact) mass is 483 g/mol. The maximum atomic E-state index is 14.7. The van der Waals surface area contributed by atoms with E-state index in [-0.39, 0.29) is 24.8 Å². The van der Waals surface area contributed by atoms with Crippen molar-refractivity contribution >= 4 is 42.6 Å². The van der Waals surface area contributed by atoms with Gasteiger partial charge >= 0.3 is 6.09 Å². The van der Waals surface area contributed by atoms with Crippen LogP contribution < -0.4 is 5.32 Å². The number of fused-ring (bicyclic) bond motifs is 1. The summed E-state index contributed by atoms with van der Waals surface area (Å²) < 4.78 is 22.6. The number of likely N-dealkylation sites (tertiary alicyclic amines) is 1. The lowest BCUT2D eigenvalue weighted by atomic mass is 10.0. The summed E-state index contributed by atoms with van der Waals surface area (Å²) in [6.45, 7) is 8.23. The summed E-state index contributed by atoms with van der Waals surface area (Å²) in [5, 5.41) is 13.4. The van der Waals surface area contributed by atoms with E-state index in [1.54, 1.807) is 0 Å². The number of aromatic nitrogens is 3. The molecule has 2 aliphatic rings. The topological polar surface area (TPSA) is 92.5 Å². The number of nitrogens with zero attached hydrogens (tertiary/aromatic N) is 4. The first kappa shape index (κ1) is 23.3. The number of halogens is 2. The minimum Gasteiger partial charge on any atom is -0.465 e. The van der Waals surface area contributed by atoms with Crippen molar-refractivity contribution < 1.29 is 19.0 Å². The van der Waals surface area contributed by atoms with Crippen LogP contribution >= 0.6 is 11.6 Å². The number of ether oxygens (including phenoxy) is 1. The largest absolute Gasteiger partial charge is 0.465 e. The summed E-state index contributed by atoms with van der Waals surface area (Å²) in [5.41, 5.74) is 1.76. The van der Waals surface area contributed by atoms with E-state index < -0.39 is 26.4 Å². The van der Waals surface area contributed by atoms with Gasteiger partial charge in [0.2, 0.25) is 5.28 Å². The Kier molecular flexibility index (Phi) is 6.65. The minimum atomic E-state index is -1.19. The van der Waals surface area contributed by atoms with Gasteiger partial charge in [0, 0.05) is 34.0 Å². The Morgan fingerprint density at radius 2 is 2.09 bits per heavy atom. The number of anilines is 1. The van der Waals surface area contributed by atoms with Gasteiger partial charge in [0.1, 0.15) is 24.4 Å². The van der Waals surface area contributed by atoms with Gasteiger partial charge < -0.3 is 24.6 Å². The molecule has 4 rings (SSSR count). The highest BCUT2D eigenvalue weighted by atomic mass is 35.5. The average molecular weight is 484 g/mol. The fourth-order valence-electron chi connectivity index (χ4n) is 4.05. The molecule has 176 valence electrons. The van der Waals surface area contributed by atoms with Gasteiger partial charge in [-0.15, -0.1) is 0 Å². The van der Waals surface area contributed by atoms with Crippen LogP contribution in [0.4, 0.5) is 15.0 Å². The van der Waals surface area contributed by atoms with Gasteiger partial charge in [-0.1, -0.05) is 19.6 Å². The number of hydrogen-bond donors (Lipinski definition) is 2. The van der Waals surface area contributed by atoms with E-state index in [0.717, 1.165) is 29.8 Å². The third kappa shape index (κ3) is 5.35. The van der Waals surface area contributed by atoms with Gasteiger partial charge in [0.15, 0.2) is 0 Å². The quantitative estimate of drug-likeness (QED) is 0.319. The number of amides is 1. The Hall–Kier alpha value is -1.91. The molecule has 1 saturated carbocycles. The Labute approximate surface area is 193 Å². The van der Waals surface area contributed by atoms with E-state index in [1.165, 1.54) is 4.90 Å². The Bertz CT molecular complexity index is 994. The maximum Gasteiger partial charge on any atom is 0.407 e. The standard InChI is InChI=1S/C21H31ClFN5O3Si/c1-32(2,3)9-8-31-12-28-10-14(13-4-5-13)17-18(25-20(22)26-19(17)28)24-16-11-27(21(29)30)7-6-15(16)23/h10,13,15-16H,4-9,11-12H2,1-3H3,(H,29,30)(H,24,25,26)/t15-,16+/m1/s1. The minimum absolute atomic E-state index is 0.0545. The lowest BCUT2D eigenvalue weighted by Crippen LogP contribution is -2.50. The van der Waals surface area contributed by atoms with Gasteiger partial charge in [0.05, 0.1) is 11.4 Å². The van der Waals surface area contributed by atoms with Crippen LogP contribution in [0.2, 0.25) is 31.0 Å². The van der Waals surface area contributed by atoms with E-state index in [0.29, 0.717) is 30.7 Å². The Morgan fingerprint density at radius 1 is 1.34 bits per heavy atom. The second-order valence-electron chi connectivity index (χ2n) is 10.0. The summed E-state index contributed by atoms with van der Waals surface area (Å²) in [7, 11) is -1.19. The van der Waals surface area contributed by atoms with Crippen molar-refractivity contribution in [2.75, 3.05) is 25.0 Å². The molecule has 32 heavy (non-hydrogen) atoms. The number of rotatable bonds is 8. The van der Waals surface area contributed by atoms with E-state index in [2.05, 4.69) is 34.9 Å². The highest BCUT2D eigenvalue weighted by Gasteiger charge is 2.34. The first-order chi connectivity index (χ1) is 15.1. The van der Waals surface area contributed by atoms with Crippen LogP contribution in [0.1, 0.15) is 30.7 Å². The van der Waals surface area contributed by atoms with Crippen molar-refractivity contribution in [2.45, 2.75) is 69.8 Å². The molecular weight excluding hydrogens is 453 g/mol. The van der Waals surface area contributed by atoms with Crippen molar-refractivity contribution in [3.05, 3.63) is 17.0 Å². The van der Waals surface area contributed by atoms with Crippen LogP contribution in [0.25, 0.3) is 11.0 Å². The SMILES string of the molecule is C[Si](C)(C)CCOCn1cc(C2CC2)c2c(N[C@H]3CN(C(=O)O)CC[C@H]3F)nc(Cl)nc21. The molecule has 2 fully saturated rings. The molecule has 1 aliphatic heterocycles. The molecular formula is C21H31ClFN5O3Si. The van der Waals surface area contributed by atoms with Gasteiger partial charge in [-0.3, -0.25) is 0 Å². The van der Waals surface area contributed by atoms with Gasteiger partial charge in [0.25, 0.3) is 0 Å². The number of alkyl halides is 1. The lowest BCUT2D eigenvalue weighted by molar-refractivity contribution is 0.0898. The molecule has 2 atom stereocenters. The molecule has 2 N–H and O–H groups in total. The number of piperidine rings is 1. The molecule has 0 bridgehead atoms. The zero-order chi connectivity index (χ0) is 23.0. The predicted octanol–water partition coefficient (Wildman–Crippen LogP) is 4.78. The van der Waals surface area contributed by atoms with Crippen LogP contribution in [-0.4, -0.2) is 70.6 Å². The molecule has 0 radical (unpaired) electrons. The van der Waals surface area contributed by atoms with Crippen LogP contribution in [0, 0.1) is 0 Å². The summed E-state index contributed by atoms with van der Waals surface area (Å²) in [6, 6.07) is 0.376. The van der Waals surface area contributed by atoms with E-state index in [4.69, 9.17) is 16.3 Å². The normalized spacial score (nSPS) is 21.8. The third-order valence-electron chi connectivity index (χ3n) is 6.08. The van der Waals surface area contributed by atoms with Crippen molar-refractivity contribution in [2.24, 2.45) is 0 Å². The van der Waals surface area contributed by atoms with Gasteiger partial charge in [-0.2, -0.15) is 4.98 Å². The van der Waals surface area contributed by atoms with E-state index in [1.807, 2.05) is 10.8 Å². The zero-order valence-electron chi connectivity index (χ0n) is 18.8. The molecule has 0 spiro atoms. The molecule has 1 aliphatic carbocycles. The van der Waals surface area contributed by atoms with Crippen LogP contribution in [-0.2, 0) is 11.5 Å². The zero-order valence-corrected chi connectivity index (χ0v) is 20.5. The Morgan fingerprint density at radius 3 is 2.75 bits per heavy atom. The highest BCUT2D eigenvalue weighted by Crippen LogP contribution is 2.45. The molecule has 1 amide bonds. The van der Waals surface area contributed by atoms with Crippen molar-refractivity contribution in [3.8, 4) is 0 Å². The molecule has 0 unspecified atom stereocenters. The summed E-state index contributed by atoms with van der Waals surface area (Å²) in [6.07, 6.45) is 2.14. The molecule has 3 heterocycles. The van der Waals surface area contributed by atoms with Crippen molar-refractivity contribution in [1.29, 1.82) is 0 Å². The number of carbonyl (C=O) groups is 1. The molecule has 11 heteroatoms. The molecule has 1 saturated heterocycles. The maximum absolute atomic E-state index is 14.7. The average Bonchev–Trinajstić information content (AvgIpc) is 3.48. The van der Waals surface area contributed by atoms with Crippen LogP contribution in [0.3, 0.4) is 0 Å².